The molecule has 2 aromatic rings. The fraction of sp³-hybridized carbons (Fsp3) is 0.211. The predicted octanol–water partition coefficient (Wildman–Crippen LogP) is 1.59. The summed E-state index contributed by atoms with van der Waals surface area (Å²) in [4.78, 5) is 27.6. The minimum Gasteiger partial charge on any atom is -0.497 e. The number of hydrazine groups is 1. The van der Waals surface area contributed by atoms with Gasteiger partial charge in [-0.05, 0) is 43.2 Å². The zero-order valence-corrected chi connectivity index (χ0v) is 14.8. The number of carbonyl (C=O) groups excluding carboxylic acids is 2. The smallest absolute Gasteiger partial charge is 0.271 e. The number of benzene rings is 1. The van der Waals surface area contributed by atoms with Crippen LogP contribution >= 0.6 is 0 Å². The molecule has 26 heavy (non-hydrogen) atoms. The van der Waals surface area contributed by atoms with Crippen LogP contribution in [-0.2, 0) is 11.2 Å². The van der Waals surface area contributed by atoms with Gasteiger partial charge in [0, 0.05) is 30.7 Å². The van der Waals surface area contributed by atoms with Crippen LogP contribution < -0.4 is 20.9 Å². The van der Waals surface area contributed by atoms with Crippen molar-refractivity contribution in [1.82, 2.24) is 21.2 Å². The average Bonchev–Trinajstić information content (AvgIpc) is 2.67. The first kappa shape index (κ1) is 19.0. The van der Waals surface area contributed by atoms with E-state index in [4.69, 9.17) is 4.74 Å². The molecule has 0 saturated carbocycles. The Morgan fingerprint density at radius 2 is 1.92 bits per heavy atom. The molecule has 1 heterocycles. The highest BCUT2D eigenvalue weighted by Crippen LogP contribution is 2.11. The molecule has 0 aliphatic heterocycles. The Morgan fingerprint density at radius 1 is 1.15 bits per heavy atom. The maximum atomic E-state index is 11.9. The van der Waals surface area contributed by atoms with Gasteiger partial charge in [0.2, 0.25) is 5.91 Å². The number of amides is 2. The number of methoxy groups -OCH3 is 1. The quantitative estimate of drug-likeness (QED) is 0.494. The molecule has 0 bridgehead atoms. The Bertz CT molecular complexity index is 758. The zero-order chi connectivity index (χ0) is 18.8. The molecule has 0 spiro atoms. The van der Waals surface area contributed by atoms with E-state index in [0.717, 1.165) is 11.3 Å². The first-order valence-corrected chi connectivity index (χ1v) is 8.14. The Kier molecular flexibility index (Phi) is 7.17. The summed E-state index contributed by atoms with van der Waals surface area (Å²) in [7, 11) is 1.62. The van der Waals surface area contributed by atoms with E-state index in [2.05, 4.69) is 21.2 Å². The van der Waals surface area contributed by atoms with Gasteiger partial charge in [0.15, 0.2) is 0 Å². The largest absolute Gasteiger partial charge is 0.497 e. The molecule has 0 fully saturated rings. The summed E-state index contributed by atoms with van der Waals surface area (Å²) in [6.07, 6.45) is 5.15. The lowest BCUT2D eigenvalue weighted by Crippen LogP contribution is -2.36. The van der Waals surface area contributed by atoms with Crippen molar-refractivity contribution in [2.45, 2.75) is 13.3 Å². The van der Waals surface area contributed by atoms with Crippen LogP contribution in [0.4, 0.5) is 0 Å². The first-order valence-electron chi connectivity index (χ1n) is 8.14. The second kappa shape index (κ2) is 9.83. The van der Waals surface area contributed by atoms with Gasteiger partial charge in [-0.25, -0.2) is 0 Å². The standard InChI is InChI=1S/C19H22N4O3/c1-14(22-23-19(25)16-4-3-10-20-13-16)12-18(24)21-11-9-15-5-7-17(26-2)8-6-15/h3-8,10,12-13,22H,9,11H2,1-2H3,(H,21,24)(H,23,25)/b14-12-. The lowest BCUT2D eigenvalue weighted by atomic mass is 10.1. The molecule has 2 amide bonds. The lowest BCUT2D eigenvalue weighted by molar-refractivity contribution is -0.116. The summed E-state index contributed by atoms with van der Waals surface area (Å²) >= 11 is 0. The highest BCUT2D eigenvalue weighted by molar-refractivity contribution is 5.93. The van der Waals surface area contributed by atoms with Crippen LogP contribution in [0, 0.1) is 0 Å². The van der Waals surface area contributed by atoms with Crippen LogP contribution in [0.2, 0.25) is 0 Å². The number of allylic oxidation sites excluding steroid dienone is 1. The van der Waals surface area contributed by atoms with Crippen molar-refractivity contribution in [3.8, 4) is 5.75 Å². The Balaban J connectivity index is 1.72. The van der Waals surface area contributed by atoms with Gasteiger partial charge in [-0.2, -0.15) is 0 Å². The first-order chi connectivity index (χ1) is 12.6. The van der Waals surface area contributed by atoms with E-state index in [9.17, 15) is 9.59 Å². The number of pyridine rings is 1. The van der Waals surface area contributed by atoms with Crippen molar-refractivity contribution < 1.29 is 14.3 Å². The van der Waals surface area contributed by atoms with Gasteiger partial charge in [0.25, 0.3) is 5.91 Å². The Morgan fingerprint density at radius 3 is 2.58 bits per heavy atom. The SMILES string of the molecule is COc1ccc(CCNC(=O)/C=C(/C)NNC(=O)c2cccnc2)cc1. The van der Waals surface area contributed by atoms with Crippen LogP contribution in [0.1, 0.15) is 22.8 Å². The monoisotopic (exact) mass is 354 g/mol. The molecule has 1 aromatic heterocycles. The van der Waals surface area contributed by atoms with E-state index in [1.807, 2.05) is 24.3 Å². The summed E-state index contributed by atoms with van der Waals surface area (Å²) in [6.45, 7) is 2.20. The van der Waals surface area contributed by atoms with Crippen molar-refractivity contribution in [3.05, 3.63) is 71.7 Å². The minimum absolute atomic E-state index is 0.237. The number of hydrogen-bond acceptors (Lipinski definition) is 5. The van der Waals surface area contributed by atoms with Crippen molar-refractivity contribution in [2.24, 2.45) is 0 Å². The lowest BCUT2D eigenvalue weighted by Gasteiger charge is -2.09. The van der Waals surface area contributed by atoms with Crippen LogP contribution in [0.3, 0.4) is 0 Å². The van der Waals surface area contributed by atoms with Crippen molar-refractivity contribution >= 4 is 11.8 Å². The molecule has 0 aliphatic carbocycles. The van der Waals surface area contributed by atoms with E-state index >= 15 is 0 Å². The van der Waals surface area contributed by atoms with Crippen molar-refractivity contribution in [2.75, 3.05) is 13.7 Å². The summed E-state index contributed by atoms with van der Waals surface area (Å²) in [5.74, 6) is 0.237. The molecule has 0 saturated heterocycles. The molecule has 7 nitrogen and oxygen atoms in total. The van der Waals surface area contributed by atoms with Gasteiger partial charge in [0.05, 0.1) is 12.7 Å². The molecule has 136 valence electrons. The fourth-order valence-corrected chi connectivity index (χ4v) is 2.13. The van der Waals surface area contributed by atoms with Crippen LogP contribution in [0.25, 0.3) is 0 Å². The highest BCUT2D eigenvalue weighted by Gasteiger charge is 2.04. The molecular weight excluding hydrogens is 332 g/mol. The number of aromatic nitrogens is 1. The Labute approximate surface area is 152 Å². The Hall–Kier alpha value is -3.35. The number of ether oxygens (including phenoxy) is 1. The maximum absolute atomic E-state index is 11.9. The number of nitrogens with zero attached hydrogens (tertiary/aromatic N) is 1. The zero-order valence-electron chi connectivity index (χ0n) is 14.8. The fourth-order valence-electron chi connectivity index (χ4n) is 2.13. The van der Waals surface area contributed by atoms with Gasteiger partial charge >= 0.3 is 0 Å². The average molecular weight is 354 g/mol. The molecule has 7 heteroatoms. The summed E-state index contributed by atoms with van der Waals surface area (Å²) in [5.41, 5.74) is 7.25. The van der Waals surface area contributed by atoms with Gasteiger partial charge < -0.3 is 15.5 Å². The van der Waals surface area contributed by atoms with E-state index in [1.54, 1.807) is 32.4 Å². The molecule has 0 atom stereocenters. The summed E-state index contributed by atoms with van der Waals surface area (Å²) < 4.78 is 5.11. The van der Waals surface area contributed by atoms with Gasteiger partial charge in [0.1, 0.15) is 5.75 Å². The maximum Gasteiger partial charge on any atom is 0.271 e. The second-order valence-electron chi connectivity index (χ2n) is 5.54. The molecule has 0 radical (unpaired) electrons. The number of hydrogen-bond donors (Lipinski definition) is 3. The molecular formula is C19H22N4O3. The van der Waals surface area contributed by atoms with Gasteiger partial charge in [-0.15, -0.1) is 0 Å². The van der Waals surface area contributed by atoms with E-state index in [0.29, 0.717) is 24.2 Å². The van der Waals surface area contributed by atoms with Gasteiger partial charge in [-0.1, -0.05) is 12.1 Å². The topological polar surface area (TPSA) is 92.4 Å². The van der Waals surface area contributed by atoms with Crippen LogP contribution in [-0.4, -0.2) is 30.5 Å². The third kappa shape index (κ3) is 6.27. The molecule has 3 N–H and O–H groups in total. The predicted molar refractivity (Wildman–Crippen MR) is 98.3 cm³/mol. The molecule has 1 aromatic carbocycles. The van der Waals surface area contributed by atoms with E-state index in [1.165, 1.54) is 12.3 Å². The molecule has 0 unspecified atom stereocenters. The van der Waals surface area contributed by atoms with Crippen LogP contribution in [0.5, 0.6) is 5.75 Å². The van der Waals surface area contributed by atoms with Crippen molar-refractivity contribution in [1.29, 1.82) is 0 Å². The molecule has 0 aliphatic rings. The van der Waals surface area contributed by atoms with E-state index < -0.39 is 0 Å². The minimum atomic E-state index is -0.328. The molecule has 2 rings (SSSR count). The van der Waals surface area contributed by atoms with Crippen molar-refractivity contribution in [3.63, 3.8) is 0 Å². The van der Waals surface area contributed by atoms with Crippen LogP contribution in [0.15, 0.2) is 60.6 Å². The third-order valence-electron chi connectivity index (χ3n) is 3.52. The highest BCUT2D eigenvalue weighted by atomic mass is 16.5. The number of nitrogens with one attached hydrogen (secondary N) is 3. The summed E-state index contributed by atoms with van der Waals surface area (Å²) in [5, 5.41) is 2.80. The second-order valence-corrected chi connectivity index (χ2v) is 5.54. The number of rotatable bonds is 8. The summed E-state index contributed by atoms with van der Waals surface area (Å²) in [6, 6.07) is 11.0. The van der Waals surface area contributed by atoms with Gasteiger partial charge in [-0.3, -0.25) is 20.0 Å². The third-order valence-corrected chi connectivity index (χ3v) is 3.52. The van der Waals surface area contributed by atoms with E-state index in [-0.39, 0.29) is 11.8 Å². The normalized spacial score (nSPS) is 10.8. The number of carbonyl (C=O) groups is 2.